The number of aromatic nitrogens is 1. The van der Waals surface area contributed by atoms with E-state index < -0.39 is 12.0 Å². The smallest absolute Gasteiger partial charge is 0.329 e. The van der Waals surface area contributed by atoms with Crippen LogP contribution in [0.4, 0.5) is 10.5 Å². The molecule has 0 atom stereocenters. The normalized spacial score (nSPS) is 10.3. The summed E-state index contributed by atoms with van der Waals surface area (Å²) in [6.07, 6.45) is 1.57. The molecule has 0 aliphatic rings. The minimum absolute atomic E-state index is 0.135. The first-order valence-electron chi connectivity index (χ1n) is 6.34. The summed E-state index contributed by atoms with van der Waals surface area (Å²) in [4.78, 5) is 26.1. The first-order chi connectivity index (χ1) is 10.1. The number of benzene rings is 1. The van der Waals surface area contributed by atoms with Crippen LogP contribution in [0, 0.1) is 0 Å². The number of urea groups is 1. The Morgan fingerprint density at radius 2 is 2.10 bits per heavy atom. The highest BCUT2D eigenvalue weighted by atomic mass is 16.5. The highest BCUT2D eigenvalue weighted by molar-refractivity contribution is 5.91. The topological polar surface area (TPSA) is 101 Å². The van der Waals surface area contributed by atoms with Gasteiger partial charge < -0.3 is 20.5 Å². The van der Waals surface area contributed by atoms with Crippen LogP contribution >= 0.6 is 0 Å². The van der Waals surface area contributed by atoms with Gasteiger partial charge in [-0.15, -0.1) is 0 Å². The molecule has 0 radical (unpaired) electrons. The molecule has 0 fully saturated rings. The van der Waals surface area contributed by atoms with E-state index in [0.29, 0.717) is 5.69 Å². The van der Waals surface area contributed by atoms with Crippen molar-refractivity contribution in [1.29, 1.82) is 0 Å². The summed E-state index contributed by atoms with van der Waals surface area (Å²) >= 11 is 0. The average molecular weight is 289 g/mol. The van der Waals surface area contributed by atoms with E-state index in [2.05, 4.69) is 15.6 Å². The summed E-state index contributed by atoms with van der Waals surface area (Å²) in [5.74, 6) is -1.04. The Balaban J connectivity index is 1.80. The monoisotopic (exact) mass is 289 g/mol. The van der Waals surface area contributed by atoms with Crippen molar-refractivity contribution in [2.45, 2.75) is 0 Å². The Morgan fingerprint density at radius 1 is 1.29 bits per heavy atom. The third-order valence-corrected chi connectivity index (χ3v) is 2.61. The summed E-state index contributed by atoms with van der Waals surface area (Å²) in [5.41, 5.74) is 1.43. The highest BCUT2D eigenvalue weighted by Gasteiger charge is 2.03. The Hall–Kier alpha value is -2.67. The van der Waals surface area contributed by atoms with Gasteiger partial charge in [-0.25, -0.2) is 9.59 Å². The number of fused-ring (bicyclic) bond motifs is 1. The number of amides is 2. The van der Waals surface area contributed by atoms with Crippen LogP contribution in [0.3, 0.4) is 0 Å². The molecule has 0 unspecified atom stereocenters. The van der Waals surface area contributed by atoms with Crippen molar-refractivity contribution in [3.63, 3.8) is 0 Å². The van der Waals surface area contributed by atoms with Crippen molar-refractivity contribution in [2.75, 3.05) is 25.1 Å². The van der Waals surface area contributed by atoms with Crippen molar-refractivity contribution in [3.05, 3.63) is 36.5 Å². The minimum Gasteiger partial charge on any atom is -0.480 e. The lowest BCUT2D eigenvalue weighted by Crippen LogP contribution is -2.32. The lowest BCUT2D eigenvalue weighted by molar-refractivity contribution is -0.142. The quantitative estimate of drug-likeness (QED) is 0.699. The van der Waals surface area contributed by atoms with Crippen molar-refractivity contribution in [1.82, 2.24) is 10.3 Å². The van der Waals surface area contributed by atoms with Gasteiger partial charge in [0, 0.05) is 11.9 Å². The predicted molar refractivity (Wildman–Crippen MR) is 77.2 cm³/mol. The molecule has 0 aliphatic heterocycles. The van der Waals surface area contributed by atoms with E-state index in [1.807, 2.05) is 30.3 Å². The molecule has 21 heavy (non-hydrogen) atoms. The van der Waals surface area contributed by atoms with E-state index >= 15 is 0 Å². The van der Waals surface area contributed by atoms with Crippen LogP contribution < -0.4 is 10.6 Å². The number of carboxylic acids is 1. The number of pyridine rings is 1. The second-order valence-electron chi connectivity index (χ2n) is 4.24. The Bertz CT molecular complexity index is 645. The fourth-order valence-corrected chi connectivity index (χ4v) is 1.71. The van der Waals surface area contributed by atoms with Gasteiger partial charge in [0.1, 0.15) is 6.61 Å². The molecule has 1 aromatic carbocycles. The van der Waals surface area contributed by atoms with Gasteiger partial charge >= 0.3 is 12.0 Å². The van der Waals surface area contributed by atoms with Crippen LogP contribution in [0.1, 0.15) is 0 Å². The molecule has 7 nitrogen and oxygen atoms in total. The van der Waals surface area contributed by atoms with Crippen LogP contribution in [-0.2, 0) is 9.53 Å². The van der Waals surface area contributed by atoms with E-state index in [1.165, 1.54) is 0 Å². The number of para-hydroxylation sites is 1. The lowest BCUT2D eigenvalue weighted by Gasteiger charge is -2.08. The number of carbonyl (C=O) groups is 2. The fraction of sp³-hybridized carbons (Fsp3) is 0.214. The van der Waals surface area contributed by atoms with Crippen molar-refractivity contribution >= 4 is 28.6 Å². The Labute approximate surface area is 120 Å². The van der Waals surface area contributed by atoms with Crippen molar-refractivity contribution in [3.8, 4) is 0 Å². The van der Waals surface area contributed by atoms with Gasteiger partial charge in [-0.05, 0) is 12.1 Å². The number of nitrogens with one attached hydrogen (secondary N) is 2. The number of ether oxygens (including phenoxy) is 1. The predicted octanol–water partition coefficient (Wildman–Crippen LogP) is 1.46. The SMILES string of the molecule is O=C(O)COCCNC(=O)Nc1cnc2ccccc2c1. The maximum absolute atomic E-state index is 11.6. The highest BCUT2D eigenvalue weighted by Crippen LogP contribution is 2.15. The summed E-state index contributed by atoms with van der Waals surface area (Å²) in [6, 6.07) is 9.01. The second-order valence-corrected chi connectivity index (χ2v) is 4.24. The van der Waals surface area contributed by atoms with E-state index in [0.717, 1.165) is 10.9 Å². The maximum Gasteiger partial charge on any atom is 0.329 e. The largest absolute Gasteiger partial charge is 0.480 e. The van der Waals surface area contributed by atoms with E-state index in [4.69, 9.17) is 9.84 Å². The van der Waals surface area contributed by atoms with Crippen LogP contribution in [0.2, 0.25) is 0 Å². The maximum atomic E-state index is 11.6. The summed E-state index contributed by atoms with van der Waals surface area (Å²) in [5, 5.41) is 14.5. The molecule has 0 spiro atoms. The third-order valence-electron chi connectivity index (χ3n) is 2.61. The Kier molecular flexibility index (Phi) is 5.05. The number of hydrogen-bond acceptors (Lipinski definition) is 4. The molecule has 0 aliphatic carbocycles. The lowest BCUT2D eigenvalue weighted by atomic mass is 10.2. The summed E-state index contributed by atoms with van der Waals surface area (Å²) in [7, 11) is 0. The van der Waals surface area contributed by atoms with Gasteiger partial charge in [0.15, 0.2) is 0 Å². The Morgan fingerprint density at radius 3 is 2.90 bits per heavy atom. The van der Waals surface area contributed by atoms with Crippen molar-refractivity contribution < 1.29 is 19.4 Å². The summed E-state index contributed by atoms with van der Waals surface area (Å²) < 4.78 is 4.80. The van der Waals surface area contributed by atoms with Crippen LogP contribution in [0.5, 0.6) is 0 Å². The molecule has 2 amide bonds. The van der Waals surface area contributed by atoms with Gasteiger partial charge in [-0.1, -0.05) is 18.2 Å². The molecule has 0 bridgehead atoms. The molecule has 2 rings (SSSR count). The zero-order valence-corrected chi connectivity index (χ0v) is 11.2. The number of carbonyl (C=O) groups excluding carboxylic acids is 1. The first-order valence-corrected chi connectivity index (χ1v) is 6.34. The molecule has 0 saturated carbocycles. The third kappa shape index (κ3) is 4.73. The van der Waals surface area contributed by atoms with Crippen LogP contribution in [-0.4, -0.2) is 41.8 Å². The molecule has 3 N–H and O–H groups in total. The van der Waals surface area contributed by atoms with Crippen LogP contribution in [0.15, 0.2) is 36.5 Å². The number of anilines is 1. The van der Waals surface area contributed by atoms with Gasteiger partial charge in [0.25, 0.3) is 0 Å². The van der Waals surface area contributed by atoms with Crippen LogP contribution in [0.25, 0.3) is 10.9 Å². The molecule has 0 saturated heterocycles. The van der Waals surface area contributed by atoms with E-state index in [9.17, 15) is 9.59 Å². The molecule has 2 aromatic rings. The van der Waals surface area contributed by atoms with E-state index in [1.54, 1.807) is 6.20 Å². The zero-order valence-electron chi connectivity index (χ0n) is 11.2. The molecule has 7 heteroatoms. The van der Waals surface area contributed by atoms with Crippen molar-refractivity contribution in [2.24, 2.45) is 0 Å². The van der Waals surface area contributed by atoms with E-state index in [-0.39, 0.29) is 19.8 Å². The second kappa shape index (κ2) is 7.20. The van der Waals surface area contributed by atoms with Gasteiger partial charge in [-0.2, -0.15) is 0 Å². The minimum atomic E-state index is -1.04. The number of carboxylic acid groups (broad SMARTS) is 1. The van der Waals surface area contributed by atoms with Gasteiger partial charge in [0.05, 0.1) is 24.0 Å². The first kappa shape index (κ1) is 14.7. The number of hydrogen-bond donors (Lipinski definition) is 3. The summed E-state index contributed by atoms with van der Waals surface area (Å²) in [6.45, 7) is -0.0201. The standard InChI is InChI=1S/C14H15N3O4/c18-13(19)9-21-6-5-15-14(20)17-11-7-10-3-1-2-4-12(10)16-8-11/h1-4,7-8H,5-6,9H2,(H,18,19)(H2,15,17,20). The number of aliphatic carboxylic acids is 1. The van der Waals surface area contributed by atoms with Gasteiger partial charge in [-0.3, -0.25) is 4.98 Å². The molecule has 1 aromatic heterocycles. The average Bonchev–Trinajstić information content (AvgIpc) is 2.46. The number of rotatable bonds is 6. The molecule has 110 valence electrons. The number of nitrogens with zero attached hydrogens (tertiary/aromatic N) is 1. The zero-order chi connectivity index (χ0) is 15.1. The molecular weight excluding hydrogens is 274 g/mol. The molecule has 1 heterocycles. The van der Waals surface area contributed by atoms with Gasteiger partial charge in [0.2, 0.25) is 0 Å². The molecular formula is C14H15N3O4. The fourth-order valence-electron chi connectivity index (χ4n) is 1.71.